The molecule has 19 heavy (non-hydrogen) atoms. The van der Waals surface area contributed by atoms with Crippen LogP contribution in [0.4, 0.5) is 5.69 Å². The summed E-state index contributed by atoms with van der Waals surface area (Å²) in [4.78, 5) is 21.9. The number of nitro groups is 1. The monoisotopic (exact) mass is 260 g/mol. The largest absolute Gasteiger partial charge is 0.350 e. The van der Waals surface area contributed by atoms with Crippen LogP contribution < -0.4 is 5.32 Å². The highest BCUT2D eigenvalue weighted by molar-refractivity contribution is 5.77. The van der Waals surface area contributed by atoms with Crippen LogP contribution in [0.25, 0.3) is 6.08 Å². The zero-order valence-electron chi connectivity index (χ0n) is 10.5. The second-order valence-electron chi connectivity index (χ2n) is 4.59. The van der Waals surface area contributed by atoms with Gasteiger partial charge in [0.15, 0.2) is 0 Å². The Kier molecular flexibility index (Phi) is 4.28. The minimum Gasteiger partial charge on any atom is -0.350 e. The first-order chi connectivity index (χ1) is 9.16. The Morgan fingerprint density at radius 2 is 2.11 bits per heavy atom. The third-order valence-electron chi connectivity index (χ3n) is 3.16. The molecular formula is C14H16N2O3. The summed E-state index contributed by atoms with van der Waals surface area (Å²) in [7, 11) is 0. The number of benzene rings is 1. The third kappa shape index (κ3) is 3.64. The number of nitrogens with one attached hydrogen (secondary N) is 1. The van der Waals surface area contributed by atoms with Crippen LogP contribution in [-0.2, 0) is 4.79 Å². The van der Waals surface area contributed by atoms with Crippen molar-refractivity contribution in [3.05, 3.63) is 46.0 Å². The van der Waals surface area contributed by atoms with Crippen LogP contribution in [0.15, 0.2) is 30.3 Å². The molecule has 0 saturated carbocycles. The summed E-state index contributed by atoms with van der Waals surface area (Å²) in [6.07, 6.45) is 6.89. The number of hydrogen-bond acceptors (Lipinski definition) is 3. The van der Waals surface area contributed by atoms with Gasteiger partial charge in [0, 0.05) is 18.5 Å². The highest BCUT2D eigenvalue weighted by atomic mass is 16.6. The number of nitrogens with zero attached hydrogens (tertiary/aromatic N) is 1. The number of hydrogen-bond donors (Lipinski definition) is 1. The molecule has 1 aliphatic heterocycles. The van der Waals surface area contributed by atoms with E-state index in [1.165, 1.54) is 6.07 Å². The summed E-state index contributed by atoms with van der Waals surface area (Å²) in [5, 5.41) is 13.8. The zero-order valence-corrected chi connectivity index (χ0v) is 10.5. The van der Waals surface area contributed by atoms with Gasteiger partial charge in [0.2, 0.25) is 5.91 Å². The van der Waals surface area contributed by atoms with Gasteiger partial charge >= 0.3 is 0 Å². The van der Waals surface area contributed by atoms with E-state index < -0.39 is 4.92 Å². The van der Waals surface area contributed by atoms with E-state index in [-0.39, 0.29) is 17.6 Å². The van der Waals surface area contributed by atoms with Gasteiger partial charge in [-0.1, -0.05) is 30.7 Å². The van der Waals surface area contributed by atoms with Gasteiger partial charge in [-0.15, -0.1) is 0 Å². The molecule has 1 aromatic rings. The van der Waals surface area contributed by atoms with Gasteiger partial charge < -0.3 is 5.32 Å². The molecule has 1 fully saturated rings. The van der Waals surface area contributed by atoms with Crippen molar-refractivity contribution < 1.29 is 9.72 Å². The van der Waals surface area contributed by atoms with E-state index in [2.05, 4.69) is 5.32 Å². The third-order valence-corrected chi connectivity index (χ3v) is 3.16. The number of rotatable bonds is 3. The van der Waals surface area contributed by atoms with E-state index in [0.29, 0.717) is 12.0 Å². The fourth-order valence-electron chi connectivity index (χ4n) is 2.16. The molecule has 1 N–H and O–H groups in total. The van der Waals surface area contributed by atoms with E-state index >= 15 is 0 Å². The first-order valence-electron chi connectivity index (χ1n) is 6.38. The smallest absolute Gasteiger partial charge is 0.276 e. The van der Waals surface area contributed by atoms with Gasteiger partial charge in [0.05, 0.1) is 10.5 Å². The molecule has 0 aliphatic carbocycles. The van der Waals surface area contributed by atoms with Gasteiger partial charge in [0.25, 0.3) is 5.69 Å². The van der Waals surface area contributed by atoms with E-state index in [0.717, 1.165) is 19.3 Å². The Balaban J connectivity index is 2.13. The minimum absolute atomic E-state index is 0.0326. The van der Waals surface area contributed by atoms with Gasteiger partial charge in [-0.25, -0.2) is 0 Å². The second kappa shape index (κ2) is 6.13. The summed E-state index contributed by atoms with van der Waals surface area (Å²) < 4.78 is 0. The summed E-state index contributed by atoms with van der Waals surface area (Å²) in [6, 6.07) is 6.55. The van der Waals surface area contributed by atoms with Crippen LogP contribution in [0.2, 0.25) is 0 Å². The normalized spacial score (nSPS) is 20.0. The van der Waals surface area contributed by atoms with Crippen molar-refractivity contribution >= 4 is 17.7 Å². The predicted molar refractivity (Wildman–Crippen MR) is 72.5 cm³/mol. The molecule has 2 rings (SSSR count). The van der Waals surface area contributed by atoms with Crippen LogP contribution in [0, 0.1) is 10.1 Å². The topological polar surface area (TPSA) is 72.2 Å². The van der Waals surface area contributed by atoms with Gasteiger partial charge in [-0.05, 0) is 18.9 Å². The molecule has 1 saturated heterocycles. The SMILES string of the molecule is O=C1CCCCC(C=Cc2ccccc2[N+](=O)[O-])N1. The van der Waals surface area contributed by atoms with Crippen LogP contribution in [0.1, 0.15) is 31.2 Å². The molecule has 0 radical (unpaired) electrons. The lowest BCUT2D eigenvalue weighted by atomic mass is 10.1. The average Bonchev–Trinajstić information content (AvgIpc) is 2.61. The lowest BCUT2D eigenvalue weighted by Crippen LogP contribution is -2.30. The Hall–Kier alpha value is -2.17. The highest BCUT2D eigenvalue weighted by Crippen LogP contribution is 2.20. The summed E-state index contributed by atoms with van der Waals surface area (Å²) in [5.41, 5.74) is 0.643. The lowest BCUT2D eigenvalue weighted by Gasteiger charge is -2.10. The van der Waals surface area contributed by atoms with E-state index in [1.54, 1.807) is 24.3 Å². The minimum atomic E-state index is -0.397. The lowest BCUT2D eigenvalue weighted by molar-refractivity contribution is -0.385. The van der Waals surface area contributed by atoms with Crippen molar-refractivity contribution in [3.63, 3.8) is 0 Å². The maximum Gasteiger partial charge on any atom is 0.276 e. The van der Waals surface area contributed by atoms with Gasteiger partial charge in [0.1, 0.15) is 0 Å². The molecule has 1 amide bonds. The average molecular weight is 260 g/mol. The standard InChI is InChI=1S/C14H16N2O3/c17-14-8-4-2-6-12(15-14)10-9-11-5-1-3-7-13(11)16(18)19/h1,3,5,7,9-10,12H,2,4,6,8H2,(H,15,17). The van der Waals surface area contributed by atoms with Crippen LogP contribution in [0.5, 0.6) is 0 Å². The van der Waals surface area contributed by atoms with E-state index in [9.17, 15) is 14.9 Å². The Labute approximate surface area is 111 Å². The first kappa shape index (κ1) is 13.3. The molecular weight excluding hydrogens is 244 g/mol. The van der Waals surface area contributed by atoms with Crippen LogP contribution in [-0.4, -0.2) is 16.9 Å². The number of carbonyl (C=O) groups is 1. The molecule has 0 aromatic heterocycles. The summed E-state index contributed by atoms with van der Waals surface area (Å²) >= 11 is 0. The fraction of sp³-hybridized carbons (Fsp3) is 0.357. The maximum absolute atomic E-state index is 11.4. The van der Waals surface area contributed by atoms with Crippen molar-refractivity contribution in [2.24, 2.45) is 0 Å². The number of amides is 1. The maximum atomic E-state index is 11.4. The quantitative estimate of drug-likeness (QED) is 0.670. The molecule has 1 unspecified atom stereocenters. The molecule has 5 nitrogen and oxygen atoms in total. The first-order valence-corrected chi connectivity index (χ1v) is 6.38. The Bertz CT molecular complexity index is 511. The summed E-state index contributed by atoms with van der Waals surface area (Å²) in [6.45, 7) is 0. The molecule has 1 heterocycles. The molecule has 1 aliphatic rings. The molecule has 1 atom stereocenters. The van der Waals surface area contributed by atoms with Crippen molar-refractivity contribution in [1.29, 1.82) is 0 Å². The molecule has 100 valence electrons. The van der Waals surface area contributed by atoms with Crippen LogP contribution in [0.3, 0.4) is 0 Å². The molecule has 5 heteroatoms. The second-order valence-corrected chi connectivity index (χ2v) is 4.59. The highest BCUT2D eigenvalue weighted by Gasteiger charge is 2.14. The number of carbonyl (C=O) groups excluding carboxylic acids is 1. The predicted octanol–water partition coefficient (Wildman–Crippen LogP) is 2.67. The Morgan fingerprint density at radius 1 is 1.32 bits per heavy atom. The molecule has 0 spiro atoms. The summed E-state index contributed by atoms with van der Waals surface area (Å²) in [5.74, 6) is 0.0507. The van der Waals surface area contributed by atoms with Gasteiger partial charge in [-0.2, -0.15) is 0 Å². The van der Waals surface area contributed by atoms with Crippen molar-refractivity contribution in [2.75, 3.05) is 0 Å². The van der Waals surface area contributed by atoms with E-state index in [1.807, 2.05) is 6.08 Å². The molecule has 0 bridgehead atoms. The van der Waals surface area contributed by atoms with Crippen molar-refractivity contribution in [1.82, 2.24) is 5.32 Å². The molecule has 1 aromatic carbocycles. The Morgan fingerprint density at radius 3 is 2.89 bits per heavy atom. The number of para-hydroxylation sites is 1. The zero-order chi connectivity index (χ0) is 13.7. The van der Waals surface area contributed by atoms with Crippen LogP contribution >= 0.6 is 0 Å². The van der Waals surface area contributed by atoms with Gasteiger partial charge in [-0.3, -0.25) is 14.9 Å². The number of nitro benzene ring substituents is 1. The van der Waals surface area contributed by atoms with E-state index in [4.69, 9.17) is 0 Å². The van der Waals surface area contributed by atoms with Crippen molar-refractivity contribution in [3.8, 4) is 0 Å². The fourth-order valence-corrected chi connectivity index (χ4v) is 2.16. The van der Waals surface area contributed by atoms with Crippen molar-refractivity contribution in [2.45, 2.75) is 31.7 Å².